The molecule has 1 atom stereocenters. The monoisotopic (exact) mass is 327 g/mol. The van der Waals surface area contributed by atoms with Crippen molar-refractivity contribution in [1.82, 2.24) is 0 Å². The third-order valence-electron chi connectivity index (χ3n) is 3.59. The van der Waals surface area contributed by atoms with Crippen LogP contribution in [0.25, 0.3) is 0 Å². The van der Waals surface area contributed by atoms with Crippen molar-refractivity contribution in [2.24, 2.45) is 0 Å². The minimum Gasteiger partial charge on any atom is -0.479 e. The molecule has 0 aliphatic carbocycles. The van der Waals surface area contributed by atoms with Crippen molar-refractivity contribution in [3.63, 3.8) is 0 Å². The molecule has 0 aliphatic rings. The molecule has 0 saturated heterocycles. The Kier molecular flexibility index (Phi) is 5.58. The first-order valence-electron chi connectivity index (χ1n) is 7.64. The first kappa shape index (κ1) is 17.5. The number of hydrogen-bond donors (Lipinski definition) is 1. The molecule has 0 aromatic heterocycles. The van der Waals surface area contributed by atoms with E-state index in [9.17, 15) is 9.59 Å². The van der Waals surface area contributed by atoms with Crippen molar-refractivity contribution in [2.75, 3.05) is 12.4 Å². The Balaban J connectivity index is 2.04. The van der Waals surface area contributed by atoms with Gasteiger partial charge in [-0.05, 0) is 56.7 Å². The summed E-state index contributed by atoms with van der Waals surface area (Å²) >= 11 is 0. The van der Waals surface area contributed by atoms with Crippen LogP contribution in [-0.2, 0) is 9.53 Å². The van der Waals surface area contributed by atoms with Crippen LogP contribution in [0, 0.1) is 13.8 Å². The number of methoxy groups -OCH3 is 1. The SMILES string of the molecule is COC(=O)[C@H](C)Oc1ccc(C(=O)Nc2ccc(C)cc2C)cc1. The van der Waals surface area contributed by atoms with Gasteiger partial charge in [0.15, 0.2) is 6.10 Å². The molecule has 0 spiro atoms. The van der Waals surface area contributed by atoms with Gasteiger partial charge in [-0.25, -0.2) is 4.79 Å². The molecule has 0 saturated carbocycles. The van der Waals surface area contributed by atoms with Crippen LogP contribution in [0.5, 0.6) is 5.75 Å². The summed E-state index contributed by atoms with van der Waals surface area (Å²) in [4.78, 5) is 23.7. The van der Waals surface area contributed by atoms with Crippen molar-refractivity contribution >= 4 is 17.6 Å². The van der Waals surface area contributed by atoms with E-state index in [1.807, 2.05) is 32.0 Å². The zero-order chi connectivity index (χ0) is 17.7. The first-order valence-corrected chi connectivity index (χ1v) is 7.64. The van der Waals surface area contributed by atoms with E-state index >= 15 is 0 Å². The Morgan fingerprint density at radius 1 is 1.04 bits per heavy atom. The third kappa shape index (κ3) is 4.35. The average molecular weight is 327 g/mol. The molecule has 2 aromatic carbocycles. The molecule has 0 unspecified atom stereocenters. The fourth-order valence-electron chi connectivity index (χ4n) is 2.25. The van der Waals surface area contributed by atoms with Crippen molar-refractivity contribution in [1.29, 1.82) is 0 Å². The molecule has 2 rings (SSSR count). The van der Waals surface area contributed by atoms with Gasteiger partial charge in [0.2, 0.25) is 0 Å². The highest BCUT2D eigenvalue weighted by Crippen LogP contribution is 2.19. The molecule has 0 radical (unpaired) electrons. The number of benzene rings is 2. The molecule has 0 fully saturated rings. The number of nitrogens with one attached hydrogen (secondary N) is 1. The Morgan fingerprint density at radius 3 is 2.29 bits per heavy atom. The molecule has 24 heavy (non-hydrogen) atoms. The van der Waals surface area contributed by atoms with Gasteiger partial charge in [0.1, 0.15) is 5.75 Å². The second-order valence-electron chi connectivity index (χ2n) is 5.58. The lowest BCUT2D eigenvalue weighted by Crippen LogP contribution is -2.24. The summed E-state index contributed by atoms with van der Waals surface area (Å²) < 4.78 is 10.1. The quantitative estimate of drug-likeness (QED) is 0.854. The van der Waals surface area contributed by atoms with Crippen LogP contribution in [-0.4, -0.2) is 25.1 Å². The standard InChI is InChI=1S/C19H21NO4/c1-12-5-10-17(13(2)11-12)20-18(21)15-6-8-16(9-7-15)24-14(3)19(22)23-4/h5-11,14H,1-4H3,(H,20,21)/t14-/m0/s1. The van der Waals surface area contributed by atoms with E-state index in [0.29, 0.717) is 11.3 Å². The lowest BCUT2D eigenvalue weighted by molar-refractivity contribution is -0.147. The van der Waals surface area contributed by atoms with Gasteiger partial charge in [-0.1, -0.05) is 17.7 Å². The number of rotatable bonds is 5. The highest BCUT2D eigenvalue weighted by molar-refractivity contribution is 6.04. The average Bonchev–Trinajstić information content (AvgIpc) is 2.57. The van der Waals surface area contributed by atoms with Crippen molar-refractivity contribution < 1.29 is 19.1 Å². The summed E-state index contributed by atoms with van der Waals surface area (Å²) in [7, 11) is 1.31. The maximum atomic E-state index is 12.3. The van der Waals surface area contributed by atoms with Gasteiger partial charge in [0.05, 0.1) is 7.11 Å². The molecular weight excluding hydrogens is 306 g/mol. The van der Waals surface area contributed by atoms with E-state index in [2.05, 4.69) is 10.1 Å². The van der Waals surface area contributed by atoms with Crippen LogP contribution >= 0.6 is 0 Å². The van der Waals surface area contributed by atoms with Crippen molar-refractivity contribution in [3.8, 4) is 5.75 Å². The predicted octanol–water partition coefficient (Wildman–Crippen LogP) is 3.50. The Morgan fingerprint density at radius 2 is 1.71 bits per heavy atom. The molecule has 2 aromatic rings. The summed E-state index contributed by atoms with van der Waals surface area (Å²) in [5, 5.41) is 2.89. The van der Waals surface area contributed by atoms with Crippen molar-refractivity contribution in [3.05, 3.63) is 59.2 Å². The van der Waals surface area contributed by atoms with Crippen molar-refractivity contribution in [2.45, 2.75) is 26.9 Å². The number of aryl methyl sites for hydroxylation is 2. The summed E-state index contributed by atoms with van der Waals surface area (Å²) in [6.45, 7) is 5.56. The highest BCUT2D eigenvalue weighted by Gasteiger charge is 2.15. The van der Waals surface area contributed by atoms with Gasteiger partial charge in [0, 0.05) is 11.3 Å². The van der Waals surface area contributed by atoms with Crippen LogP contribution in [0.4, 0.5) is 5.69 Å². The topological polar surface area (TPSA) is 64.6 Å². The minimum absolute atomic E-state index is 0.200. The van der Waals surface area contributed by atoms with E-state index in [1.165, 1.54) is 7.11 Å². The minimum atomic E-state index is -0.704. The smallest absolute Gasteiger partial charge is 0.346 e. The van der Waals surface area contributed by atoms with Gasteiger partial charge >= 0.3 is 5.97 Å². The number of carbonyl (C=O) groups is 2. The number of amides is 1. The molecule has 1 amide bonds. The van der Waals surface area contributed by atoms with Gasteiger partial charge in [-0.2, -0.15) is 0 Å². The van der Waals surface area contributed by atoms with Crippen LogP contribution in [0.1, 0.15) is 28.4 Å². The largest absolute Gasteiger partial charge is 0.479 e. The lowest BCUT2D eigenvalue weighted by Gasteiger charge is -2.13. The fourth-order valence-corrected chi connectivity index (χ4v) is 2.25. The van der Waals surface area contributed by atoms with Crippen LogP contribution in [0.3, 0.4) is 0 Å². The molecule has 5 nitrogen and oxygen atoms in total. The molecule has 0 heterocycles. The highest BCUT2D eigenvalue weighted by atomic mass is 16.6. The van der Waals surface area contributed by atoms with E-state index in [0.717, 1.165) is 16.8 Å². The molecule has 5 heteroatoms. The molecule has 0 aliphatic heterocycles. The zero-order valence-electron chi connectivity index (χ0n) is 14.3. The van der Waals surface area contributed by atoms with Crippen LogP contribution in [0.15, 0.2) is 42.5 Å². The third-order valence-corrected chi connectivity index (χ3v) is 3.59. The zero-order valence-corrected chi connectivity index (χ0v) is 14.3. The molecular formula is C19H21NO4. The van der Waals surface area contributed by atoms with E-state index < -0.39 is 12.1 Å². The van der Waals surface area contributed by atoms with Crippen LogP contribution < -0.4 is 10.1 Å². The normalized spacial score (nSPS) is 11.5. The summed E-state index contributed by atoms with van der Waals surface area (Å²) in [5.74, 6) is -0.155. The summed E-state index contributed by atoms with van der Waals surface area (Å²) in [6, 6.07) is 12.5. The molecule has 1 N–H and O–H groups in total. The van der Waals surface area contributed by atoms with E-state index in [1.54, 1.807) is 31.2 Å². The molecule has 0 bridgehead atoms. The van der Waals surface area contributed by atoms with Gasteiger partial charge in [-0.15, -0.1) is 0 Å². The second kappa shape index (κ2) is 7.64. The van der Waals surface area contributed by atoms with Gasteiger partial charge < -0.3 is 14.8 Å². The number of ether oxygens (including phenoxy) is 2. The van der Waals surface area contributed by atoms with Crippen LogP contribution in [0.2, 0.25) is 0 Å². The van der Waals surface area contributed by atoms with Gasteiger partial charge in [0.25, 0.3) is 5.91 Å². The lowest BCUT2D eigenvalue weighted by atomic mass is 10.1. The Hall–Kier alpha value is -2.82. The number of hydrogen-bond acceptors (Lipinski definition) is 4. The maximum Gasteiger partial charge on any atom is 0.346 e. The van der Waals surface area contributed by atoms with E-state index in [4.69, 9.17) is 4.74 Å². The first-order chi connectivity index (χ1) is 11.4. The second-order valence-corrected chi connectivity index (χ2v) is 5.58. The number of esters is 1. The number of anilines is 1. The summed E-state index contributed by atoms with van der Waals surface area (Å²) in [6.07, 6.45) is -0.704. The Bertz CT molecular complexity index is 738. The molecule has 126 valence electrons. The van der Waals surface area contributed by atoms with Gasteiger partial charge in [-0.3, -0.25) is 4.79 Å². The predicted molar refractivity (Wildman–Crippen MR) is 92.4 cm³/mol. The van der Waals surface area contributed by atoms with E-state index in [-0.39, 0.29) is 5.91 Å². The fraction of sp³-hybridized carbons (Fsp3) is 0.263. The Labute approximate surface area is 141 Å². The summed E-state index contributed by atoms with van der Waals surface area (Å²) in [5.41, 5.74) is 3.44. The number of carbonyl (C=O) groups excluding carboxylic acids is 2. The maximum absolute atomic E-state index is 12.3.